The van der Waals surface area contributed by atoms with Gasteiger partial charge < -0.3 is 10.2 Å². The number of aryl methyl sites for hydroxylation is 1. The van der Waals surface area contributed by atoms with Gasteiger partial charge in [-0.3, -0.25) is 4.79 Å². The lowest BCUT2D eigenvalue weighted by Gasteiger charge is -2.35. The van der Waals surface area contributed by atoms with Gasteiger partial charge in [-0.25, -0.2) is 9.97 Å². The quantitative estimate of drug-likeness (QED) is 0.671. The van der Waals surface area contributed by atoms with Crippen LogP contribution in [0.2, 0.25) is 0 Å². The number of carbonyl (C=O) groups is 1. The fourth-order valence-corrected chi connectivity index (χ4v) is 4.13. The molecule has 1 N–H and O–H groups in total. The first-order chi connectivity index (χ1) is 14.6. The van der Waals surface area contributed by atoms with Crippen LogP contribution in [0.4, 0.5) is 11.4 Å². The van der Waals surface area contributed by atoms with Gasteiger partial charge in [0, 0.05) is 35.6 Å². The fourth-order valence-electron chi connectivity index (χ4n) is 4.13. The molecule has 0 radical (unpaired) electrons. The zero-order valence-electron chi connectivity index (χ0n) is 17.4. The average molecular weight is 399 g/mol. The summed E-state index contributed by atoms with van der Waals surface area (Å²) in [5.41, 5.74) is 4.00. The predicted molar refractivity (Wildman–Crippen MR) is 118 cm³/mol. The number of carbonyl (C=O) groups excluding carboxylic acids is 1. The Balaban J connectivity index is 1.82. The van der Waals surface area contributed by atoms with Crippen molar-refractivity contribution in [2.75, 3.05) is 11.9 Å². The Hall–Kier alpha value is -3.46. The molecule has 0 unspecified atom stereocenters. The lowest BCUT2D eigenvalue weighted by Crippen LogP contribution is -2.43. The SMILES string of the molecule is CC[C@@H]1CCCCN1C(=O)c1cnc2nc(C)ccc2c1Nc1cccc(C#N)c1. The number of hydrogen-bond donors (Lipinski definition) is 1. The Bertz CT molecular complexity index is 1130. The minimum Gasteiger partial charge on any atom is -0.354 e. The molecule has 6 heteroatoms. The fraction of sp³-hybridized carbons (Fsp3) is 0.333. The molecule has 1 atom stereocenters. The summed E-state index contributed by atoms with van der Waals surface area (Å²) in [6.07, 6.45) is 5.80. The number of nitriles is 1. The number of amides is 1. The lowest BCUT2D eigenvalue weighted by molar-refractivity contribution is 0.0609. The van der Waals surface area contributed by atoms with Crippen LogP contribution in [0.25, 0.3) is 11.0 Å². The van der Waals surface area contributed by atoms with E-state index in [1.165, 1.54) is 0 Å². The molecule has 1 aromatic carbocycles. The van der Waals surface area contributed by atoms with E-state index in [1.54, 1.807) is 18.3 Å². The number of fused-ring (bicyclic) bond motifs is 1. The summed E-state index contributed by atoms with van der Waals surface area (Å²) in [4.78, 5) is 24.6. The van der Waals surface area contributed by atoms with Crippen LogP contribution >= 0.6 is 0 Å². The molecule has 30 heavy (non-hydrogen) atoms. The topological polar surface area (TPSA) is 81.9 Å². The number of pyridine rings is 2. The zero-order chi connectivity index (χ0) is 21.1. The maximum Gasteiger partial charge on any atom is 0.257 e. The van der Waals surface area contributed by atoms with E-state index >= 15 is 0 Å². The molecule has 2 aromatic heterocycles. The van der Waals surface area contributed by atoms with Crippen LogP contribution in [0.15, 0.2) is 42.6 Å². The summed E-state index contributed by atoms with van der Waals surface area (Å²) in [6.45, 7) is 4.82. The van der Waals surface area contributed by atoms with Gasteiger partial charge in [-0.1, -0.05) is 13.0 Å². The summed E-state index contributed by atoms with van der Waals surface area (Å²) in [5.74, 6) is -0.00420. The van der Waals surface area contributed by atoms with Crippen molar-refractivity contribution in [3.05, 3.63) is 59.4 Å². The molecule has 4 rings (SSSR count). The van der Waals surface area contributed by atoms with Crippen molar-refractivity contribution in [3.8, 4) is 6.07 Å². The third-order valence-electron chi connectivity index (χ3n) is 5.72. The molecule has 1 fully saturated rings. The second-order valence-electron chi connectivity index (χ2n) is 7.74. The van der Waals surface area contributed by atoms with Gasteiger partial charge in [0.15, 0.2) is 5.65 Å². The number of piperidine rings is 1. The van der Waals surface area contributed by atoms with Crippen molar-refractivity contribution < 1.29 is 4.79 Å². The highest BCUT2D eigenvalue weighted by atomic mass is 16.2. The van der Waals surface area contributed by atoms with E-state index in [4.69, 9.17) is 0 Å². The van der Waals surface area contributed by atoms with Gasteiger partial charge in [-0.2, -0.15) is 5.26 Å². The number of benzene rings is 1. The van der Waals surface area contributed by atoms with E-state index in [9.17, 15) is 10.1 Å². The Kier molecular flexibility index (Phi) is 5.62. The molecule has 1 aliphatic rings. The van der Waals surface area contributed by atoms with Gasteiger partial charge in [0.2, 0.25) is 0 Å². The zero-order valence-corrected chi connectivity index (χ0v) is 17.4. The van der Waals surface area contributed by atoms with Gasteiger partial charge in [0.25, 0.3) is 5.91 Å². The average Bonchev–Trinajstić information content (AvgIpc) is 2.78. The molecule has 1 amide bonds. The normalized spacial score (nSPS) is 16.3. The molecule has 0 bridgehead atoms. The number of aromatic nitrogens is 2. The third-order valence-corrected chi connectivity index (χ3v) is 5.72. The van der Waals surface area contributed by atoms with E-state index in [2.05, 4.69) is 28.3 Å². The molecule has 1 aliphatic heterocycles. The number of hydrogen-bond acceptors (Lipinski definition) is 5. The van der Waals surface area contributed by atoms with Crippen molar-refractivity contribution in [1.29, 1.82) is 5.26 Å². The van der Waals surface area contributed by atoms with Crippen LogP contribution in [0.3, 0.4) is 0 Å². The summed E-state index contributed by atoms with van der Waals surface area (Å²) in [5, 5.41) is 13.4. The van der Waals surface area contributed by atoms with Gasteiger partial charge in [-0.05, 0) is 62.9 Å². The minimum atomic E-state index is -0.00420. The Morgan fingerprint density at radius 1 is 1.30 bits per heavy atom. The molecule has 3 aromatic rings. The first-order valence-corrected chi connectivity index (χ1v) is 10.4. The first kappa shape index (κ1) is 19.8. The van der Waals surface area contributed by atoms with E-state index in [0.29, 0.717) is 22.5 Å². The molecule has 152 valence electrons. The molecule has 3 heterocycles. The number of anilines is 2. The lowest BCUT2D eigenvalue weighted by atomic mass is 9.98. The smallest absolute Gasteiger partial charge is 0.257 e. The van der Waals surface area contributed by atoms with Crippen molar-refractivity contribution >= 4 is 28.3 Å². The highest BCUT2D eigenvalue weighted by molar-refractivity contribution is 6.07. The highest BCUT2D eigenvalue weighted by Crippen LogP contribution is 2.31. The van der Waals surface area contributed by atoms with Gasteiger partial charge >= 0.3 is 0 Å². The maximum absolute atomic E-state index is 13.6. The predicted octanol–water partition coefficient (Wildman–Crippen LogP) is 4.96. The molecule has 0 spiro atoms. The highest BCUT2D eigenvalue weighted by Gasteiger charge is 2.28. The summed E-state index contributed by atoms with van der Waals surface area (Å²) in [6, 6.07) is 13.5. The van der Waals surface area contributed by atoms with Crippen molar-refractivity contribution in [2.45, 2.75) is 45.6 Å². The Morgan fingerprint density at radius 2 is 2.17 bits per heavy atom. The standard InChI is InChI=1S/C24H25N5O/c1-3-19-9-4-5-12-29(19)24(30)21-15-26-23-20(11-10-16(2)27-23)22(21)28-18-8-6-7-17(13-18)14-25/h6-8,10-11,13,15,19H,3-5,9,12H2,1-2H3,(H,26,27,28)/t19-/m1/s1. The van der Waals surface area contributed by atoms with Gasteiger partial charge in [0.1, 0.15) is 0 Å². The molecule has 0 saturated carbocycles. The molecule has 6 nitrogen and oxygen atoms in total. The first-order valence-electron chi connectivity index (χ1n) is 10.4. The van der Waals surface area contributed by atoms with Crippen LogP contribution in [-0.2, 0) is 0 Å². The molecular weight excluding hydrogens is 374 g/mol. The van der Waals surface area contributed by atoms with E-state index in [0.717, 1.165) is 49.0 Å². The molecular formula is C24H25N5O. The largest absolute Gasteiger partial charge is 0.354 e. The van der Waals surface area contributed by atoms with Crippen LogP contribution in [0.1, 0.15) is 54.2 Å². The minimum absolute atomic E-state index is 0.00420. The number of likely N-dealkylation sites (tertiary alicyclic amines) is 1. The third kappa shape index (κ3) is 3.84. The van der Waals surface area contributed by atoms with Crippen molar-refractivity contribution in [2.24, 2.45) is 0 Å². The van der Waals surface area contributed by atoms with Gasteiger partial charge in [-0.15, -0.1) is 0 Å². The Morgan fingerprint density at radius 3 is 2.97 bits per heavy atom. The Labute approximate surface area is 176 Å². The van der Waals surface area contributed by atoms with E-state index in [-0.39, 0.29) is 11.9 Å². The van der Waals surface area contributed by atoms with Crippen LogP contribution in [-0.4, -0.2) is 33.4 Å². The summed E-state index contributed by atoms with van der Waals surface area (Å²) < 4.78 is 0. The second kappa shape index (κ2) is 8.50. The number of rotatable bonds is 4. The van der Waals surface area contributed by atoms with E-state index in [1.807, 2.05) is 36.1 Å². The van der Waals surface area contributed by atoms with Crippen LogP contribution in [0, 0.1) is 18.3 Å². The van der Waals surface area contributed by atoms with Crippen LogP contribution < -0.4 is 5.32 Å². The molecule has 0 aliphatic carbocycles. The summed E-state index contributed by atoms with van der Waals surface area (Å²) >= 11 is 0. The van der Waals surface area contributed by atoms with Crippen LogP contribution in [0.5, 0.6) is 0 Å². The molecule has 1 saturated heterocycles. The van der Waals surface area contributed by atoms with E-state index < -0.39 is 0 Å². The summed E-state index contributed by atoms with van der Waals surface area (Å²) in [7, 11) is 0. The number of nitrogens with one attached hydrogen (secondary N) is 1. The maximum atomic E-state index is 13.6. The van der Waals surface area contributed by atoms with Gasteiger partial charge in [0.05, 0.1) is 22.9 Å². The van der Waals surface area contributed by atoms with Crippen molar-refractivity contribution in [1.82, 2.24) is 14.9 Å². The second-order valence-corrected chi connectivity index (χ2v) is 7.74. The number of nitrogens with zero attached hydrogens (tertiary/aromatic N) is 4. The van der Waals surface area contributed by atoms with Crippen molar-refractivity contribution in [3.63, 3.8) is 0 Å². The monoisotopic (exact) mass is 399 g/mol.